The van der Waals surface area contributed by atoms with Crippen LogP contribution in [0.15, 0.2) is 18.2 Å². The first kappa shape index (κ1) is 15.4. The van der Waals surface area contributed by atoms with Crippen LogP contribution in [-0.4, -0.2) is 30.1 Å². The van der Waals surface area contributed by atoms with Gasteiger partial charge in [-0.1, -0.05) is 13.3 Å². The van der Waals surface area contributed by atoms with Crippen LogP contribution >= 0.6 is 0 Å². The van der Waals surface area contributed by atoms with Crippen LogP contribution in [-0.2, 0) is 11.2 Å². The summed E-state index contributed by atoms with van der Waals surface area (Å²) in [4.78, 5) is 23.2. The number of carboxylic acids is 1. The first-order chi connectivity index (χ1) is 10.1. The van der Waals surface area contributed by atoms with Gasteiger partial charge in [-0.25, -0.2) is 0 Å². The molecule has 0 bridgehead atoms. The smallest absolute Gasteiger partial charge is 0.308 e. The minimum Gasteiger partial charge on any atom is -0.481 e. The third kappa shape index (κ3) is 3.97. The number of amides is 1. The predicted molar refractivity (Wildman–Crippen MR) is 81.6 cm³/mol. The van der Waals surface area contributed by atoms with Crippen LogP contribution in [0.2, 0.25) is 0 Å². The van der Waals surface area contributed by atoms with E-state index in [1.807, 2.05) is 19.1 Å². The Morgan fingerprint density at radius 3 is 2.95 bits per heavy atom. The number of nitrogens with one attached hydrogen (secondary N) is 2. The summed E-state index contributed by atoms with van der Waals surface area (Å²) < 4.78 is 0. The van der Waals surface area contributed by atoms with Crippen LogP contribution in [0.25, 0.3) is 0 Å². The average Bonchev–Trinajstić information content (AvgIpc) is 2.50. The first-order valence-electron chi connectivity index (χ1n) is 7.49. The highest BCUT2D eigenvalue weighted by molar-refractivity contribution is 5.95. The molecule has 3 N–H and O–H groups in total. The van der Waals surface area contributed by atoms with E-state index < -0.39 is 11.9 Å². The molecule has 1 atom stereocenters. The molecule has 0 saturated heterocycles. The standard InChI is InChI=1S/C16H22N2O3/c1-2-4-13(16(20)21)10-18-15(19)12-6-7-14-11(9-12)5-3-8-17-14/h6-7,9,13,17H,2-5,8,10H2,1H3,(H,18,19)(H,20,21). The van der Waals surface area contributed by atoms with Gasteiger partial charge < -0.3 is 15.7 Å². The predicted octanol–water partition coefficient (Wildman–Crippen LogP) is 2.28. The lowest BCUT2D eigenvalue weighted by Gasteiger charge is -2.19. The van der Waals surface area contributed by atoms with E-state index in [0.29, 0.717) is 12.0 Å². The number of carbonyl (C=O) groups excluding carboxylic acids is 1. The normalized spacial score (nSPS) is 14.7. The number of hydrogen-bond donors (Lipinski definition) is 3. The molecule has 0 aromatic heterocycles. The molecule has 2 rings (SSSR count). The van der Waals surface area contributed by atoms with Gasteiger partial charge in [0.2, 0.25) is 0 Å². The quantitative estimate of drug-likeness (QED) is 0.751. The van der Waals surface area contributed by atoms with Crippen molar-refractivity contribution in [1.29, 1.82) is 0 Å². The highest BCUT2D eigenvalue weighted by Gasteiger charge is 2.18. The minimum atomic E-state index is -0.855. The van der Waals surface area contributed by atoms with Crippen LogP contribution in [0.1, 0.15) is 42.1 Å². The Morgan fingerprint density at radius 2 is 2.24 bits per heavy atom. The summed E-state index contributed by atoms with van der Waals surface area (Å²) in [6.07, 6.45) is 3.40. The second kappa shape index (κ2) is 7.11. The molecule has 5 heteroatoms. The van der Waals surface area contributed by atoms with Crippen molar-refractivity contribution >= 4 is 17.6 Å². The summed E-state index contributed by atoms with van der Waals surface area (Å²) in [5, 5.41) is 15.1. The Balaban J connectivity index is 1.98. The van der Waals surface area contributed by atoms with Gasteiger partial charge in [-0.15, -0.1) is 0 Å². The van der Waals surface area contributed by atoms with Crippen molar-refractivity contribution in [2.75, 3.05) is 18.4 Å². The van der Waals surface area contributed by atoms with Crippen molar-refractivity contribution in [2.45, 2.75) is 32.6 Å². The third-order valence-electron chi connectivity index (χ3n) is 3.80. The number of rotatable bonds is 6. The van der Waals surface area contributed by atoms with E-state index in [4.69, 9.17) is 5.11 Å². The summed E-state index contributed by atoms with van der Waals surface area (Å²) in [6.45, 7) is 3.08. The van der Waals surface area contributed by atoms with Gasteiger partial charge in [0, 0.05) is 24.3 Å². The summed E-state index contributed by atoms with van der Waals surface area (Å²) in [5.74, 6) is -1.57. The van der Waals surface area contributed by atoms with E-state index in [0.717, 1.165) is 37.1 Å². The zero-order chi connectivity index (χ0) is 15.2. The van der Waals surface area contributed by atoms with Gasteiger partial charge in [-0.05, 0) is 43.0 Å². The van der Waals surface area contributed by atoms with Gasteiger partial charge in [0.25, 0.3) is 5.91 Å². The molecule has 1 aromatic carbocycles. The largest absolute Gasteiger partial charge is 0.481 e. The van der Waals surface area contributed by atoms with E-state index in [1.165, 1.54) is 0 Å². The highest BCUT2D eigenvalue weighted by atomic mass is 16.4. The van der Waals surface area contributed by atoms with E-state index in [1.54, 1.807) is 6.07 Å². The fourth-order valence-corrected chi connectivity index (χ4v) is 2.60. The van der Waals surface area contributed by atoms with E-state index in [-0.39, 0.29) is 12.5 Å². The molecule has 21 heavy (non-hydrogen) atoms. The zero-order valence-electron chi connectivity index (χ0n) is 12.3. The maximum atomic E-state index is 12.1. The van der Waals surface area contributed by atoms with Gasteiger partial charge in [0.05, 0.1) is 5.92 Å². The molecule has 1 unspecified atom stereocenters. The Labute approximate surface area is 124 Å². The van der Waals surface area contributed by atoms with Crippen molar-refractivity contribution in [1.82, 2.24) is 5.32 Å². The number of aliphatic carboxylic acids is 1. The fraction of sp³-hybridized carbons (Fsp3) is 0.500. The molecule has 1 heterocycles. The van der Waals surface area contributed by atoms with Gasteiger partial charge in [-0.2, -0.15) is 0 Å². The number of benzene rings is 1. The van der Waals surface area contributed by atoms with Crippen molar-refractivity contribution in [3.8, 4) is 0 Å². The lowest BCUT2D eigenvalue weighted by atomic mass is 10.00. The molecule has 0 radical (unpaired) electrons. The Bertz CT molecular complexity index is 528. The average molecular weight is 290 g/mol. The number of anilines is 1. The second-order valence-electron chi connectivity index (χ2n) is 5.44. The molecule has 5 nitrogen and oxygen atoms in total. The SMILES string of the molecule is CCCC(CNC(=O)c1ccc2c(c1)CCCN2)C(=O)O. The van der Waals surface area contributed by atoms with Gasteiger partial charge in [-0.3, -0.25) is 9.59 Å². The number of fused-ring (bicyclic) bond motifs is 1. The lowest BCUT2D eigenvalue weighted by molar-refractivity contribution is -0.141. The summed E-state index contributed by atoms with van der Waals surface area (Å²) in [7, 11) is 0. The third-order valence-corrected chi connectivity index (χ3v) is 3.80. The summed E-state index contributed by atoms with van der Waals surface area (Å²) in [6, 6.07) is 5.60. The lowest BCUT2D eigenvalue weighted by Crippen LogP contribution is -2.33. The molecule has 0 saturated carbocycles. The maximum absolute atomic E-state index is 12.1. The molecule has 1 aromatic rings. The number of carboxylic acid groups (broad SMARTS) is 1. The van der Waals surface area contributed by atoms with Crippen LogP contribution < -0.4 is 10.6 Å². The number of carbonyl (C=O) groups is 2. The fourth-order valence-electron chi connectivity index (χ4n) is 2.60. The number of hydrogen-bond acceptors (Lipinski definition) is 3. The van der Waals surface area contributed by atoms with Gasteiger partial charge in [0.1, 0.15) is 0 Å². The van der Waals surface area contributed by atoms with E-state index in [2.05, 4.69) is 10.6 Å². The molecule has 0 spiro atoms. The van der Waals surface area contributed by atoms with Gasteiger partial charge >= 0.3 is 5.97 Å². The molecule has 0 aliphatic carbocycles. The van der Waals surface area contributed by atoms with Crippen LogP contribution in [0, 0.1) is 5.92 Å². The van der Waals surface area contributed by atoms with E-state index >= 15 is 0 Å². The Hall–Kier alpha value is -2.04. The maximum Gasteiger partial charge on any atom is 0.308 e. The molecule has 1 amide bonds. The van der Waals surface area contributed by atoms with Crippen molar-refractivity contribution in [3.63, 3.8) is 0 Å². The van der Waals surface area contributed by atoms with Crippen molar-refractivity contribution in [2.24, 2.45) is 5.92 Å². The molecular weight excluding hydrogens is 268 g/mol. The van der Waals surface area contributed by atoms with Crippen LogP contribution in [0.5, 0.6) is 0 Å². The molecule has 1 aliphatic rings. The molecule has 1 aliphatic heterocycles. The summed E-state index contributed by atoms with van der Waals surface area (Å²) in [5.41, 5.74) is 2.84. The first-order valence-corrected chi connectivity index (χ1v) is 7.49. The minimum absolute atomic E-state index is 0.178. The Morgan fingerprint density at radius 1 is 1.43 bits per heavy atom. The molecule has 0 fully saturated rings. The van der Waals surface area contributed by atoms with Crippen LogP contribution in [0.3, 0.4) is 0 Å². The zero-order valence-corrected chi connectivity index (χ0v) is 12.3. The summed E-state index contributed by atoms with van der Waals surface area (Å²) >= 11 is 0. The molecule has 114 valence electrons. The van der Waals surface area contributed by atoms with Crippen LogP contribution in [0.4, 0.5) is 5.69 Å². The number of aryl methyl sites for hydroxylation is 1. The van der Waals surface area contributed by atoms with Crippen molar-refractivity contribution in [3.05, 3.63) is 29.3 Å². The Kier molecular flexibility index (Phi) is 5.20. The van der Waals surface area contributed by atoms with Crippen molar-refractivity contribution < 1.29 is 14.7 Å². The van der Waals surface area contributed by atoms with E-state index in [9.17, 15) is 9.59 Å². The highest BCUT2D eigenvalue weighted by Crippen LogP contribution is 2.22. The molecular formula is C16H22N2O3. The van der Waals surface area contributed by atoms with Gasteiger partial charge in [0.15, 0.2) is 0 Å². The monoisotopic (exact) mass is 290 g/mol. The second-order valence-corrected chi connectivity index (χ2v) is 5.44. The topological polar surface area (TPSA) is 78.4 Å².